The highest BCUT2D eigenvalue weighted by Crippen LogP contribution is 2.30. The molecule has 0 saturated heterocycles. The first-order valence-electron chi connectivity index (χ1n) is 6.73. The van der Waals surface area contributed by atoms with Crippen LogP contribution in [0.5, 0.6) is 0 Å². The Morgan fingerprint density at radius 2 is 2.29 bits per heavy atom. The molecule has 21 heavy (non-hydrogen) atoms. The quantitative estimate of drug-likeness (QED) is 0.943. The fraction of sp³-hybridized carbons (Fsp3) is 0.538. The average molecular weight is 316 g/mol. The van der Waals surface area contributed by atoms with Crippen molar-refractivity contribution in [3.63, 3.8) is 0 Å². The number of hydrogen-bond acceptors (Lipinski definition) is 4. The van der Waals surface area contributed by atoms with Gasteiger partial charge in [0, 0.05) is 43.3 Å². The van der Waals surface area contributed by atoms with E-state index in [4.69, 9.17) is 0 Å². The molecule has 1 atom stereocenters. The van der Waals surface area contributed by atoms with Gasteiger partial charge >= 0.3 is 6.18 Å². The number of thiazole rings is 1. The standard InChI is InChI=1S/C13H15F3N4S/c14-13(15,16)11-7-20-6-9(1-2-12(20)19-11)3-17-4-10-5-18-8-21-10/h5,7-9,17H,1-4,6H2. The zero-order valence-corrected chi connectivity index (χ0v) is 12.0. The first kappa shape index (κ1) is 14.5. The van der Waals surface area contributed by atoms with Crippen LogP contribution in [-0.4, -0.2) is 21.1 Å². The molecule has 0 aliphatic carbocycles. The molecule has 114 valence electrons. The van der Waals surface area contributed by atoms with E-state index in [0.717, 1.165) is 30.6 Å². The Hall–Kier alpha value is -1.41. The monoisotopic (exact) mass is 316 g/mol. The largest absolute Gasteiger partial charge is 0.434 e. The van der Waals surface area contributed by atoms with Gasteiger partial charge < -0.3 is 9.88 Å². The van der Waals surface area contributed by atoms with Crippen LogP contribution in [0.25, 0.3) is 0 Å². The number of nitrogens with one attached hydrogen (secondary N) is 1. The van der Waals surface area contributed by atoms with Crippen LogP contribution in [0.15, 0.2) is 17.9 Å². The van der Waals surface area contributed by atoms with Crippen LogP contribution in [0.4, 0.5) is 13.2 Å². The summed E-state index contributed by atoms with van der Waals surface area (Å²) in [5, 5.41) is 3.34. The second kappa shape index (κ2) is 5.76. The van der Waals surface area contributed by atoms with E-state index in [0.29, 0.717) is 24.7 Å². The lowest BCUT2D eigenvalue weighted by Gasteiger charge is -2.23. The van der Waals surface area contributed by atoms with Gasteiger partial charge in [0.05, 0.1) is 5.51 Å². The predicted octanol–water partition coefficient (Wildman–Crippen LogP) is 2.71. The Balaban J connectivity index is 1.56. The minimum Gasteiger partial charge on any atom is -0.334 e. The van der Waals surface area contributed by atoms with E-state index in [1.165, 1.54) is 0 Å². The number of rotatable bonds is 4. The fourth-order valence-corrected chi connectivity index (χ4v) is 3.11. The highest BCUT2D eigenvalue weighted by atomic mass is 32.1. The van der Waals surface area contributed by atoms with E-state index in [-0.39, 0.29) is 0 Å². The van der Waals surface area contributed by atoms with Crippen LogP contribution >= 0.6 is 11.3 Å². The Labute approximate surface area is 124 Å². The Morgan fingerprint density at radius 1 is 1.43 bits per heavy atom. The number of fused-ring (bicyclic) bond motifs is 1. The maximum Gasteiger partial charge on any atom is 0.434 e. The third kappa shape index (κ3) is 3.44. The summed E-state index contributed by atoms with van der Waals surface area (Å²) in [7, 11) is 0. The fourth-order valence-electron chi connectivity index (χ4n) is 2.55. The molecule has 1 aliphatic rings. The van der Waals surface area contributed by atoms with Gasteiger partial charge in [0.15, 0.2) is 5.69 Å². The maximum absolute atomic E-state index is 12.6. The minimum absolute atomic E-state index is 0.334. The minimum atomic E-state index is -4.36. The first-order chi connectivity index (χ1) is 10.0. The van der Waals surface area contributed by atoms with Crippen LogP contribution in [0, 0.1) is 5.92 Å². The van der Waals surface area contributed by atoms with Gasteiger partial charge in [-0.3, -0.25) is 4.98 Å². The zero-order valence-electron chi connectivity index (χ0n) is 11.2. The summed E-state index contributed by atoms with van der Waals surface area (Å²) in [5.41, 5.74) is 1.00. The van der Waals surface area contributed by atoms with Gasteiger partial charge in [0.25, 0.3) is 0 Å². The zero-order chi connectivity index (χ0) is 14.9. The molecule has 2 aromatic heterocycles. The van der Waals surface area contributed by atoms with Crippen molar-refractivity contribution in [3.8, 4) is 0 Å². The van der Waals surface area contributed by atoms with Crippen LogP contribution in [0.2, 0.25) is 0 Å². The normalized spacial score (nSPS) is 18.7. The number of aromatic nitrogens is 3. The molecular formula is C13H15F3N4S. The molecule has 0 bridgehead atoms. The SMILES string of the molecule is FC(F)(F)c1cn2c(n1)CCC(CNCc1cncs1)C2. The van der Waals surface area contributed by atoms with E-state index in [2.05, 4.69) is 15.3 Å². The number of alkyl halides is 3. The van der Waals surface area contributed by atoms with Gasteiger partial charge in [0.2, 0.25) is 0 Å². The third-order valence-electron chi connectivity index (χ3n) is 3.60. The van der Waals surface area contributed by atoms with E-state index in [1.54, 1.807) is 21.4 Å². The molecule has 4 nitrogen and oxygen atoms in total. The molecule has 1 N–H and O–H groups in total. The molecule has 1 aliphatic heterocycles. The molecule has 0 amide bonds. The third-order valence-corrected chi connectivity index (χ3v) is 4.38. The number of halogens is 3. The summed E-state index contributed by atoms with van der Waals surface area (Å²) < 4.78 is 39.6. The topological polar surface area (TPSA) is 42.7 Å². The summed E-state index contributed by atoms with van der Waals surface area (Å²) in [6, 6.07) is 0. The summed E-state index contributed by atoms with van der Waals surface area (Å²) in [4.78, 5) is 8.85. The number of aryl methyl sites for hydroxylation is 1. The average Bonchev–Trinajstić information content (AvgIpc) is 3.05. The molecule has 0 spiro atoms. The maximum atomic E-state index is 12.6. The highest BCUT2D eigenvalue weighted by Gasteiger charge is 2.35. The molecule has 0 saturated carbocycles. The molecule has 3 heterocycles. The molecule has 0 aromatic carbocycles. The van der Waals surface area contributed by atoms with Crippen molar-refractivity contribution >= 4 is 11.3 Å². The molecule has 8 heteroatoms. The summed E-state index contributed by atoms with van der Waals surface area (Å²) in [6.07, 6.45) is 0.0596. The van der Waals surface area contributed by atoms with Gasteiger partial charge in [-0.2, -0.15) is 13.2 Å². The summed E-state index contributed by atoms with van der Waals surface area (Å²) >= 11 is 1.59. The Bertz CT molecular complexity index is 591. The molecule has 0 radical (unpaired) electrons. The predicted molar refractivity (Wildman–Crippen MR) is 72.9 cm³/mol. The van der Waals surface area contributed by atoms with Crippen molar-refractivity contribution in [1.29, 1.82) is 0 Å². The van der Waals surface area contributed by atoms with Crippen molar-refractivity contribution in [1.82, 2.24) is 19.9 Å². The van der Waals surface area contributed by atoms with E-state index in [9.17, 15) is 13.2 Å². The van der Waals surface area contributed by atoms with Gasteiger partial charge in [-0.05, 0) is 12.3 Å². The molecular weight excluding hydrogens is 301 g/mol. The first-order valence-corrected chi connectivity index (χ1v) is 7.61. The van der Waals surface area contributed by atoms with Crippen molar-refractivity contribution in [2.75, 3.05) is 6.54 Å². The van der Waals surface area contributed by atoms with Crippen molar-refractivity contribution < 1.29 is 13.2 Å². The highest BCUT2D eigenvalue weighted by molar-refractivity contribution is 7.09. The lowest BCUT2D eigenvalue weighted by atomic mass is 9.99. The molecule has 2 aromatic rings. The molecule has 1 unspecified atom stereocenters. The number of nitrogens with zero attached hydrogens (tertiary/aromatic N) is 3. The number of imidazole rings is 1. The van der Waals surface area contributed by atoms with Crippen LogP contribution in [-0.2, 0) is 25.7 Å². The summed E-state index contributed by atoms with van der Waals surface area (Å²) in [5.74, 6) is 0.877. The van der Waals surface area contributed by atoms with E-state index >= 15 is 0 Å². The second-order valence-corrected chi connectivity index (χ2v) is 6.17. The number of hydrogen-bond donors (Lipinski definition) is 1. The van der Waals surface area contributed by atoms with Crippen LogP contribution in [0.1, 0.15) is 22.8 Å². The van der Waals surface area contributed by atoms with Crippen LogP contribution in [0.3, 0.4) is 0 Å². The molecule has 3 rings (SSSR count). The van der Waals surface area contributed by atoms with Gasteiger partial charge in [0.1, 0.15) is 5.82 Å². The second-order valence-electron chi connectivity index (χ2n) is 5.20. The summed E-state index contributed by atoms with van der Waals surface area (Å²) in [6.45, 7) is 2.14. The van der Waals surface area contributed by atoms with Crippen molar-refractivity contribution in [2.45, 2.75) is 32.1 Å². The Morgan fingerprint density at radius 3 is 3.00 bits per heavy atom. The van der Waals surface area contributed by atoms with Gasteiger partial charge in [-0.1, -0.05) is 0 Å². The van der Waals surface area contributed by atoms with Gasteiger partial charge in [-0.25, -0.2) is 4.98 Å². The lowest BCUT2D eigenvalue weighted by Crippen LogP contribution is -2.29. The van der Waals surface area contributed by atoms with Crippen LogP contribution < -0.4 is 5.32 Å². The Kier molecular flexibility index (Phi) is 3.99. The van der Waals surface area contributed by atoms with E-state index in [1.807, 2.05) is 6.20 Å². The van der Waals surface area contributed by atoms with Gasteiger partial charge in [-0.15, -0.1) is 11.3 Å². The van der Waals surface area contributed by atoms with Crippen molar-refractivity contribution in [3.05, 3.63) is 34.3 Å². The van der Waals surface area contributed by atoms with Crippen molar-refractivity contribution in [2.24, 2.45) is 5.92 Å². The lowest BCUT2D eigenvalue weighted by molar-refractivity contribution is -0.141. The molecule has 0 fully saturated rings. The van der Waals surface area contributed by atoms with E-state index < -0.39 is 11.9 Å². The smallest absolute Gasteiger partial charge is 0.334 e.